The number of rotatable bonds is 3. The molecule has 0 bridgehead atoms. The molecule has 0 fully saturated rings. The minimum atomic E-state index is 0.527. The van der Waals surface area contributed by atoms with E-state index in [1.54, 1.807) is 0 Å². The van der Waals surface area contributed by atoms with Crippen molar-refractivity contribution in [2.75, 3.05) is 6.54 Å². The molecule has 0 amide bonds. The average molecular weight is 225 g/mol. The number of hydrogen-bond donors (Lipinski definition) is 1. The minimum absolute atomic E-state index is 0.527. The van der Waals surface area contributed by atoms with Crippen LogP contribution in [0.15, 0.2) is 54.6 Å². The van der Waals surface area contributed by atoms with Crippen LogP contribution in [0.25, 0.3) is 5.57 Å². The molecule has 1 aliphatic carbocycles. The van der Waals surface area contributed by atoms with Gasteiger partial charge in [0.1, 0.15) is 0 Å². The van der Waals surface area contributed by atoms with Gasteiger partial charge in [0.25, 0.3) is 0 Å². The van der Waals surface area contributed by atoms with Gasteiger partial charge in [-0.1, -0.05) is 56.0 Å². The van der Waals surface area contributed by atoms with Crippen molar-refractivity contribution in [1.29, 1.82) is 0 Å². The minimum Gasteiger partial charge on any atom is -0.327 e. The maximum atomic E-state index is 5.90. The van der Waals surface area contributed by atoms with Crippen molar-refractivity contribution in [1.82, 2.24) is 0 Å². The van der Waals surface area contributed by atoms with E-state index in [9.17, 15) is 0 Å². The van der Waals surface area contributed by atoms with Crippen molar-refractivity contribution >= 4 is 5.57 Å². The molecule has 2 rings (SSSR count). The first-order chi connectivity index (χ1) is 8.27. The Morgan fingerprint density at radius 1 is 1.41 bits per heavy atom. The number of allylic oxidation sites excluding steroid dienone is 4. The molecule has 17 heavy (non-hydrogen) atoms. The lowest BCUT2D eigenvalue weighted by Gasteiger charge is -2.26. The fraction of sp³-hybridized carbons (Fsp3) is 0.250. The summed E-state index contributed by atoms with van der Waals surface area (Å²) in [6, 6.07) is 8.58. The van der Waals surface area contributed by atoms with E-state index in [1.807, 2.05) is 12.2 Å². The second-order valence-corrected chi connectivity index (χ2v) is 4.50. The van der Waals surface area contributed by atoms with Crippen molar-refractivity contribution in [2.24, 2.45) is 11.7 Å². The summed E-state index contributed by atoms with van der Waals surface area (Å²) in [5.74, 6) is 0.527. The molecule has 0 spiro atoms. The van der Waals surface area contributed by atoms with Crippen LogP contribution in [0.2, 0.25) is 0 Å². The number of benzene rings is 1. The maximum Gasteiger partial charge on any atom is 0.0148 e. The molecule has 1 aromatic carbocycles. The molecule has 1 atom stereocenters. The van der Waals surface area contributed by atoms with Gasteiger partial charge >= 0.3 is 0 Å². The summed E-state index contributed by atoms with van der Waals surface area (Å²) in [5, 5.41) is 0. The second-order valence-electron chi connectivity index (χ2n) is 4.50. The largest absolute Gasteiger partial charge is 0.327 e. The predicted octanol–water partition coefficient (Wildman–Crippen LogP) is 3.33. The maximum absolute atomic E-state index is 5.90. The highest BCUT2D eigenvalue weighted by atomic mass is 14.5. The molecule has 0 aliphatic heterocycles. The van der Waals surface area contributed by atoms with Gasteiger partial charge in [0, 0.05) is 6.54 Å². The van der Waals surface area contributed by atoms with Gasteiger partial charge in [-0.2, -0.15) is 0 Å². The quantitative estimate of drug-likeness (QED) is 0.784. The van der Waals surface area contributed by atoms with Crippen molar-refractivity contribution in [3.05, 3.63) is 65.8 Å². The van der Waals surface area contributed by atoms with Crippen LogP contribution < -0.4 is 5.73 Å². The van der Waals surface area contributed by atoms with Gasteiger partial charge in [-0.3, -0.25) is 0 Å². The highest BCUT2D eigenvalue weighted by Gasteiger charge is 2.21. The zero-order chi connectivity index (χ0) is 12.3. The van der Waals surface area contributed by atoms with Crippen LogP contribution in [0.1, 0.15) is 18.1 Å². The van der Waals surface area contributed by atoms with E-state index in [4.69, 9.17) is 5.73 Å². The van der Waals surface area contributed by atoms with Crippen molar-refractivity contribution in [2.45, 2.75) is 13.3 Å². The first kappa shape index (κ1) is 11.9. The van der Waals surface area contributed by atoms with Gasteiger partial charge in [-0.25, -0.2) is 0 Å². The van der Waals surface area contributed by atoms with E-state index in [0.717, 1.165) is 6.42 Å². The fourth-order valence-corrected chi connectivity index (χ4v) is 2.52. The Morgan fingerprint density at radius 3 is 2.88 bits per heavy atom. The van der Waals surface area contributed by atoms with E-state index in [0.29, 0.717) is 12.5 Å². The zero-order valence-electron chi connectivity index (χ0n) is 10.3. The van der Waals surface area contributed by atoms with Crippen molar-refractivity contribution in [3.8, 4) is 0 Å². The topological polar surface area (TPSA) is 26.0 Å². The van der Waals surface area contributed by atoms with Crippen LogP contribution >= 0.6 is 0 Å². The highest BCUT2D eigenvalue weighted by Crippen LogP contribution is 2.34. The Bertz CT molecular complexity index is 480. The Balaban J connectivity index is 2.58. The first-order valence-electron chi connectivity index (χ1n) is 6.08. The standard InChI is InChI=1S/C16H19N/c1-3-4-8-15-14-9-6-5-7-13(14)10-12(2)16(15)11-17/h3-9,12H,1,10-11,17H2,2H3/b8-4-. The molecule has 1 aliphatic rings. The Labute approximate surface area is 103 Å². The van der Waals surface area contributed by atoms with Gasteiger partial charge in [0.15, 0.2) is 0 Å². The molecular formula is C16H19N. The summed E-state index contributed by atoms with van der Waals surface area (Å²) in [7, 11) is 0. The third kappa shape index (κ3) is 2.25. The van der Waals surface area contributed by atoms with Crippen molar-refractivity contribution < 1.29 is 0 Å². The average Bonchev–Trinajstić information content (AvgIpc) is 2.35. The smallest absolute Gasteiger partial charge is 0.0148 e. The van der Waals surface area contributed by atoms with Gasteiger partial charge in [0.2, 0.25) is 0 Å². The molecule has 1 heteroatoms. The third-order valence-electron chi connectivity index (χ3n) is 3.39. The lowest BCUT2D eigenvalue weighted by Crippen LogP contribution is -2.19. The van der Waals surface area contributed by atoms with E-state index in [-0.39, 0.29) is 0 Å². The van der Waals surface area contributed by atoms with Crippen LogP contribution in [0.5, 0.6) is 0 Å². The Kier molecular flexibility index (Phi) is 3.60. The summed E-state index contributed by atoms with van der Waals surface area (Å²) >= 11 is 0. The van der Waals surface area contributed by atoms with Crippen molar-refractivity contribution in [3.63, 3.8) is 0 Å². The molecular weight excluding hydrogens is 206 g/mol. The molecule has 0 radical (unpaired) electrons. The molecule has 0 aromatic heterocycles. The molecule has 1 aromatic rings. The van der Waals surface area contributed by atoms with Crippen LogP contribution in [0, 0.1) is 5.92 Å². The van der Waals surface area contributed by atoms with E-state index < -0.39 is 0 Å². The lowest BCUT2D eigenvalue weighted by atomic mass is 9.79. The molecule has 0 saturated heterocycles. The SMILES string of the molecule is C=C/C=C\C1=C(CN)C(C)Cc2ccccc21. The predicted molar refractivity (Wildman–Crippen MR) is 74.6 cm³/mol. The zero-order valence-corrected chi connectivity index (χ0v) is 10.3. The second kappa shape index (κ2) is 5.15. The molecule has 0 heterocycles. The number of hydrogen-bond acceptors (Lipinski definition) is 1. The van der Waals surface area contributed by atoms with Crippen LogP contribution in [-0.2, 0) is 6.42 Å². The Hall–Kier alpha value is -1.60. The summed E-state index contributed by atoms with van der Waals surface area (Å²) in [6.07, 6.45) is 7.01. The first-order valence-corrected chi connectivity index (χ1v) is 6.08. The summed E-state index contributed by atoms with van der Waals surface area (Å²) in [6.45, 7) is 6.61. The summed E-state index contributed by atoms with van der Waals surface area (Å²) in [4.78, 5) is 0. The van der Waals surface area contributed by atoms with Crippen LogP contribution in [0.3, 0.4) is 0 Å². The summed E-state index contributed by atoms with van der Waals surface area (Å²) < 4.78 is 0. The molecule has 1 unspecified atom stereocenters. The molecule has 1 nitrogen and oxygen atoms in total. The summed E-state index contributed by atoms with van der Waals surface area (Å²) in [5.41, 5.74) is 11.3. The highest BCUT2D eigenvalue weighted by molar-refractivity contribution is 5.81. The van der Waals surface area contributed by atoms with Gasteiger partial charge in [-0.15, -0.1) is 0 Å². The monoisotopic (exact) mass is 225 g/mol. The molecule has 2 N–H and O–H groups in total. The Morgan fingerprint density at radius 2 is 2.18 bits per heavy atom. The number of fused-ring (bicyclic) bond motifs is 1. The van der Waals surface area contributed by atoms with E-state index in [2.05, 4.69) is 43.8 Å². The molecule has 0 saturated carbocycles. The third-order valence-corrected chi connectivity index (χ3v) is 3.39. The molecule has 88 valence electrons. The van der Waals surface area contributed by atoms with E-state index >= 15 is 0 Å². The number of nitrogens with two attached hydrogens (primary N) is 1. The lowest BCUT2D eigenvalue weighted by molar-refractivity contribution is 0.654. The normalized spacial score (nSPS) is 19.5. The van der Waals surface area contributed by atoms with E-state index in [1.165, 1.54) is 22.3 Å². The van der Waals surface area contributed by atoms with Crippen LogP contribution in [-0.4, -0.2) is 6.54 Å². The van der Waals surface area contributed by atoms with Gasteiger partial charge < -0.3 is 5.73 Å². The van der Waals surface area contributed by atoms with Gasteiger partial charge in [-0.05, 0) is 34.6 Å². The van der Waals surface area contributed by atoms with Crippen LogP contribution in [0.4, 0.5) is 0 Å². The van der Waals surface area contributed by atoms with Gasteiger partial charge in [0.05, 0.1) is 0 Å². The fourth-order valence-electron chi connectivity index (χ4n) is 2.52.